The second-order valence-electron chi connectivity index (χ2n) is 4.53. The summed E-state index contributed by atoms with van der Waals surface area (Å²) in [7, 11) is 0. The van der Waals surface area contributed by atoms with Gasteiger partial charge < -0.3 is 9.32 Å². The third-order valence-corrected chi connectivity index (χ3v) is 3.64. The molecule has 0 saturated carbocycles. The van der Waals surface area contributed by atoms with Gasteiger partial charge in [0.15, 0.2) is 0 Å². The summed E-state index contributed by atoms with van der Waals surface area (Å²) in [5, 5.41) is 12.0. The molecule has 1 saturated heterocycles. The molecule has 0 N–H and O–H groups in total. The number of para-hydroxylation sites is 1. The molecular weight excluding hydrogens is 264 g/mol. The van der Waals surface area contributed by atoms with E-state index in [0.717, 1.165) is 31.3 Å². The lowest BCUT2D eigenvalue weighted by atomic mass is 10.1. The number of hydrogen-bond acceptors (Lipinski definition) is 5. The monoisotopic (exact) mass is 276 g/mol. The molecule has 0 aliphatic carbocycles. The largest absolute Gasteiger partial charge is 0.439 e. The van der Waals surface area contributed by atoms with Crippen LogP contribution in [0.5, 0.6) is 0 Å². The van der Waals surface area contributed by atoms with E-state index in [1.807, 2.05) is 23.1 Å². The van der Waals surface area contributed by atoms with Crippen LogP contribution in [0.3, 0.4) is 0 Å². The third-order valence-electron chi connectivity index (χ3n) is 3.37. The van der Waals surface area contributed by atoms with Crippen LogP contribution in [-0.4, -0.2) is 18.0 Å². The maximum absolute atomic E-state index is 11.3. The zero-order chi connectivity index (χ0) is 13.4. The van der Waals surface area contributed by atoms with E-state index in [9.17, 15) is 10.1 Å². The van der Waals surface area contributed by atoms with Gasteiger partial charge in [0.25, 0.3) is 4.71 Å². The highest BCUT2D eigenvalue weighted by Crippen LogP contribution is 2.38. The quantitative estimate of drug-likeness (QED) is 0.476. The fourth-order valence-corrected chi connectivity index (χ4v) is 2.81. The first kappa shape index (κ1) is 12.1. The summed E-state index contributed by atoms with van der Waals surface area (Å²) in [6.45, 7) is 1.65. The SMILES string of the molecule is O=[N+]([O-])c1c(N2CCCC2)c2ccccc2oc1=S. The Morgan fingerprint density at radius 2 is 1.95 bits per heavy atom. The van der Waals surface area contributed by atoms with Gasteiger partial charge in [-0.2, -0.15) is 0 Å². The van der Waals surface area contributed by atoms with Crippen molar-refractivity contribution in [2.24, 2.45) is 0 Å². The summed E-state index contributed by atoms with van der Waals surface area (Å²) in [6.07, 6.45) is 2.09. The topological polar surface area (TPSA) is 59.5 Å². The van der Waals surface area contributed by atoms with Gasteiger partial charge in [-0.1, -0.05) is 12.1 Å². The van der Waals surface area contributed by atoms with Crippen molar-refractivity contribution in [2.45, 2.75) is 12.8 Å². The number of anilines is 1. The summed E-state index contributed by atoms with van der Waals surface area (Å²) in [4.78, 5) is 12.9. The molecule has 0 spiro atoms. The maximum Gasteiger partial charge on any atom is 0.346 e. The number of fused-ring (bicyclic) bond motifs is 1. The van der Waals surface area contributed by atoms with Crippen molar-refractivity contribution in [1.82, 2.24) is 0 Å². The minimum atomic E-state index is -0.439. The van der Waals surface area contributed by atoms with Gasteiger partial charge in [-0.3, -0.25) is 10.1 Å². The molecule has 1 aromatic carbocycles. The molecule has 2 aromatic rings. The van der Waals surface area contributed by atoms with Crippen LogP contribution in [-0.2, 0) is 0 Å². The zero-order valence-corrected chi connectivity index (χ0v) is 11.0. The Bertz CT molecular complexity index is 705. The highest BCUT2D eigenvalue weighted by Gasteiger charge is 2.28. The van der Waals surface area contributed by atoms with Crippen molar-refractivity contribution in [3.8, 4) is 0 Å². The standard InChI is InChI=1S/C13H12N2O3S/c16-15(17)12-11(14-7-3-4-8-14)9-5-1-2-6-10(9)18-13(12)19/h1-2,5-6H,3-4,7-8H2. The van der Waals surface area contributed by atoms with Crippen molar-refractivity contribution >= 4 is 34.6 Å². The molecule has 1 aliphatic heterocycles. The Morgan fingerprint density at radius 1 is 1.26 bits per heavy atom. The summed E-state index contributed by atoms with van der Waals surface area (Å²) in [5.41, 5.74) is 1.12. The Kier molecular flexibility index (Phi) is 2.94. The fraction of sp³-hybridized carbons (Fsp3) is 0.308. The Balaban J connectivity index is 2.38. The van der Waals surface area contributed by atoms with E-state index >= 15 is 0 Å². The van der Waals surface area contributed by atoms with E-state index in [0.29, 0.717) is 11.3 Å². The minimum absolute atomic E-state index is 0.0504. The van der Waals surface area contributed by atoms with Crippen molar-refractivity contribution in [1.29, 1.82) is 0 Å². The normalized spacial score (nSPS) is 15.1. The number of nitrogens with zero attached hydrogens (tertiary/aromatic N) is 2. The number of nitro groups is 1. The highest BCUT2D eigenvalue weighted by atomic mass is 32.1. The minimum Gasteiger partial charge on any atom is -0.439 e. The number of hydrogen-bond donors (Lipinski definition) is 0. The average Bonchev–Trinajstić information content (AvgIpc) is 2.90. The van der Waals surface area contributed by atoms with Gasteiger partial charge in [-0.15, -0.1) is 0 Å². The molecule has 0 bridgehead atoms. The summed E-state index contributed by atoms with van der Waals surface area (Å²) in [6, 6.07) is 7.31. The van der Waals surface area contributed by atoms with Crippen LogP contribution in [0.4, 0.5) is 11.4 Å². The van der Waals surface area contributed by atoms with Crippen LogP contribution in [0.15, 0.2) is 28.7 Å². The van der Waals surface area contributed by atoms with E-state index in [1.165, 1.54) is 0 Å². The van der Waals surface area contributed by atoms with Crippen LogP contribution in [0.1, 0.15) is 12.8 Å². The van der Waals surface area contributed by atoms with E-state index in [-0.39, 0.29) is 10.4 Å². The molecule has 5 nitrogen and oxygen atoms in total. The van der Waals surface area contributed by atoms with Gasteiger partial charge in [0.2, 0.25) is 0 Å². The van der Waals surface area contributed by atoms with Crippen molar-refractivity contribution < 1.29 is 9.34 Å². The second kappa shape index (κ2) is 4.62. The van der Waals surface area contributed by atoms with Crippen LogP contribution in [0.2, 0.25) is 0 Å². The van der Waals surface area contributed by atoms with Gasteiger partial charge in [-0.05, 0) is 37.2 Å². The molecule has 2 heterocycles. The number of benzene rings is 1. The summed E-state index contributed by atoms with van der Waals surface area (Å²) < 4.78 is 5.35. The van der Waals surface area contributed by atoms with Crippen LogP contribution in [0, 0.1) is 14.8 Å². The van der Waals surface area contributed by atoms with E-state index in [1.54, 1.807) is 6.07 Å². The predicted octanol–water partition coefficient (Wildman–Crippen LogP) is 3.67. The fourth-order valence-electron chi connectivity index (χ4n) is 2.55. The summed E-state index contributed by atoms with van der Waals surface area (Å²) in [5.74, 6) is 0. The Morgan fingerprint density at radius 3 is 2.63 bits per heavy atom. The Hall–Kier alpha value is -1.95. The highest BCUT2D eigenvalue weighted by molar-refractivity contribution is 7.71. The van der Waals surface area contributed by atoms with Gasteiger partial charge in [0.05, 0.1) is 4.92 Å². The third kappa shape index (κ3) is 1.98. The van der Waals surface area contributed by atoms with Gasteiger partial charge in [0, 0.05) is 18.5 Å². The van der Waals surface area contributed by atoms with Crippen LogP contribution < -0.4 is 4.90 Å². The average molecular weight is 276 g/mol. The molecule has 19 heavy (non-hydrogen) atoms. The zero-order valence-electron chi connectivity index (χ0n) is 10.2. The molecule has 1 aliphatic rings. The second-order valence-corrected chi connectivity index (χ2v) is 4.90. The summed E-state index contributed by atoms with van der Waals surface area (Å²) >= 11 is 5.04. The first-order chi connectivity index (χ1) is 9.18. The molecule has 0 atom stereocenters. The lowest BCUT2D eigenvalue weighted by molar-refractivity contribution is -0.385. The van der Waals surface area contributed by atoms with Crippen LogP contribution in [0.25, 0.3) is 11.0 Å². The first-order valence-electron chi connectivity index (χ1n) is 6.13. The maximum atomic E-state index is 11.3. The van der Waals surface area contributed by atoms with E-state index in [2.05, 4.69) is 0 Å². The molecule has 98 valence electrons. The van der Waals surface area contributed by atoms with Crippen molar-refractivity contribution in [3.05, 3.63) is 39.1 Å². The molecular formula is C13H12N2O3S. The molecule has 6 heteroatoms. The van der Waals surface area contributed by atoms with Gasteiger partial charge in [-0.25, -0.2) is 0 Å². The molecule has 1 fully saturated rings. The predicted molar refractivity (Wildman–Crippen MR) is 75.1 cm³/mol. The molecule has 1 aromatic heterocycles. The lowest BCUT2D eigenvalue weighted by Gasteiger charge is -2.18. The molecule has 0 radical (unpaired) electrons. The lowest BCUT2D eigenvalue weighted by Crippen LogP contribution is -2.19. The van der Waals surface area contributed by atoms with Gasteiger partial charge >= 0.3 is 5.69 Å². The van der Waals surface area contributed by atoms with Crippen molar-refractivity contribution in [2.75, 3.05) is 18.0 Å². The van der Waals surface area contributed by atoms with E-state index in [4.69, 9.17) is 16.6 Å². The number of rotatable bonds is 2. The van der Waals surface area contributed by atoms with Gasteiger partial charge in [0.1, 0.15) is 11.3 Å². The van der Waals surface area contributed by atoms with Crippen molar-refractivity contribution in [3.63, 3.8) is 0 Å². The smallest absolute Gasteiger partial charge is 0.346 e. The first-order valence-corrected chi connectivity index (χ1v) is 6.54. The van der Waals surface area contributed by atoms with Crippen LogP contribution >= 0.6 is 12.2 Å². The Labute approximate surface area is 114 Å². The molecule has 0 unspecified atom stereocenters. The molecule has 3 rings (SSSR count). The van der Waals surface area contributed by atoms with E-state index < -0.39 is 4.92 Å². The molecule has 0 amide bonds.